The van der Waals surface area contributed by atoms with Crippen LogP contribution in [0.5, 0.6) is 0 Å². The molecular weight excluding hydrogens is 281 g/mol. The monoisotopic (exact) mass is 299 g/mol. The van der Waals surface area contributed by atoms with E-state index < -0.39 is 5.97 Å². The number of benzene rings is 2. The second-order valence-electron chi connectivity index (χ2n) is 5.66. The van der Waals surface area contributed by atoms with Crippen LogP contribution in [0.3, 0.4) is 0 Å². The van der Waals surface area contributed by atoms with Gasteiger partial charge in [0, 0.05) is 18.8 Å². The van der Waals surface area contributed by atoms with Crippen molar-refractivity contribution in [3.8, 4) is 11.1 Å². The fourth-order valence-corrected chi connectivity index (χ4v) is 2.91. The maximum atomic E-state index is 13.0. The van der Waals surface area contributed by atoms with Crippen LogP contribution >= 0.6 is 0 Å². The van der Waals surface area contributed by atoms with Crippen LogP contribution in [-0.2, 0) is 4.79 Å². The quantitative estimate of drug-likeness (QED) is 0.937. The van der Waals surface area contributed by atoms with Crippen molar-refractivity contribution >= 4 is 11.7 Å². The third-order valence-corrected chi connectivity index (χ3v) is 4.23. The number of piperidine rings is 1. The third kappa shape index (κ3) is 3.11. The Morgan fingerprint density at radius 1 is 1.05 bits per heavy atom. The van der Waals surface area contributed by atoms with Gasteiger partial charge in [-0.1, -0.05) is 24.3 Å². The molecule has 1 fully saturated rings. The van der Waals surface area contributed by atoms with Crippen LogP contribution in [0.1, 0.15) is 12.8 Å². The summed E-state index contributed by atoms with van der Waals surface area (Å²) in [6, 6.07) is 14.6. The number of anilines is 1. The molecule has 0 atom stereocenters. The maximum absolute atomic E-state index is 13.0. The van der Waals surface area contributed by atoms with Crippen molar-refractivity contribution in [3.05, 3.63) is 54.3 Å². The molecule has 2 aromatic rings. The van der Waals surface area contributed by atoms with Gasteiger partial charge in [0.05, 0.1) is 5.92 Å². The van der Waals surface area contributed by atoms with Gasteiger partial charge in [0.2, 0.25) is 0 Å². The summed E-state index contributed by atoms with van der Waals surface area (Å²) in [5.41, 5.74) is 3.10. The van der Waals surface area contributed by atoms with E-state index in [1.54, 1.807) is 12.1 Å². The lowest BCUT2D eigenvalue weighted by atomic mass is 9.96. The van der Waals surface area contributed by atoms with E-state index in [4.69, 9.17) is 5.11 Å². The van der Waals surface area contributed by atoms with Crippen molar-refractivity contribution in [2.75, 3.05) is 18.0 Å². The van der Waals surface area contributed by atoms with Crippen LogP contribution in [0.2, 0.25) is 0 Å². The van der Waals surface area contributed by atoms with Crippen molar-refractivity contribution in [2.45, 2.75) is 12.8 Å². The topological polar surface area (TPSA) is 40.5 Å². The zero-order valence-electron chi connectivity index (χ0n) is 12.2. The minimum atomic E-state index is -0.695. The Labute approximate surface area is 129 Å². The first-order valence-corrected chi connectivity index (χ1v) is 7.47. The van der Waals surface area contributed by atoms with Gasteiger partial charge < -0.3 is 10.0 Å². The Balaban J connectivity index is 1.77. The number of carbonyl (C=O) groups is 1. The number of hydrogen-bond acceptors (Lipinski definition) is 2. The zero-order valence-corrected chi connectivity index (χ0v) is 12.2. The summed E-state index contributed by atoms with van der Waals surface area (Å²) < 4.78 is 13.0. The average molecular weight is 299 g/mol. The van der Waals surface area contributed by atoms with Crippen LogP contribution in [0, 0.1) is 11.7 Å². The SMILES string of the molecule is O=C(O)C1CCN(c2cccc(-c3ccc(F)cc3)c2)CC1. The molecule has 2 aromatic carbocycles. The molecule has 0 aliphatic carbocycles. The summed E-state index contributed by atoms with van der Waals surface area (Å²) >= 11 is 0. The number of carboxylic acids is 1. The van der Waals surface area contributed by atoms with Crippen molar-refractivity contribution in [1.29, 1.82) is 0 Å². The molecule has 0 saturated carbocycles. The highest BCUT2D eigenvalue weighted by Crippen LogP contribution is 2.28. The van der Waals surface area contributed by atoms with Crippen molar-refractivity contribution in [1.82, 2.24) is 0 Å². The molecule has 0 bridgehead atoms. The highest BCUT2D eigenvalue weighted by atomic mass is 19.1. The van der Waals surface area contributed by atoms with Crippen molar-refractivity contribution in [3.63, 3.8) is 0 Å². The highest BCUT2D eigenvalue weighted by molar-refractivity contribution is 5.71. The molecule has 0 unspecified atom stereocenters. The van der Waals surface area contributed by atoms with Gasteiger partial charge in [-0.05, 0) is 48.2 Å². The smallest absolute Gasteiger partial charge is 0.306 e. The Hall–Kier alpha value is -2.36. The number of carboxylic acid groups (broad SMARTS) is 1. The summed E-state index contributed by atoms with van der Waals surface area (Å²) in [4.78, 5) is 13.2. The molecule has 1 saturated heterocycles. The van der Waals surface area contributed by atoms with Crippen molar-refractivity contribution in [2.24, 2.45) is 5.92 Å². The number of halogens is 1. The number of rotatable bonds is 3. The summed E-state index contributed by atoms with van der Waals surface area (Å²) in [7, 11) is 0. The molecule has 1 heterocycles. The van der Waals surface area contributed by atoms with Crippen molar-refractivity contribution < 1.29 is 14.3 Å². The molecule has 4 heteroatoms. The van der Waals surface area contributed by atoms with Gasteiger partial charge in [-0.3, -0.25) is 4.79 Å². The predicted molar refractivity (Wildman–Crippen MR) is 84.4 cm³/mol. The van der Waals surface area contributed by atoms with E-state index in [0.29, 0.717) is 12.8 Å². The van der Waals surface area contributed by atoms with Gasteiger partial charge in [0.1, 0.15) is 5.82 Å². The van der Waals surface area contributed by atoms with Gasteiger partial charge in [0.15, 0.2) is 0 Å². The summed E-state index contributed by atoms with van der Waals surface area (Å²) in [6.07, 6.45) is 1.35. The number of hydrogen-bond donors (Lipinski definition) is 1. The fourth-order valence-electron chi connectivity index (χ4n) is 2.91. The molecule has 0 spiro atoms. The van der Waals surface area contributed by atoms with E-state index in [0.717, 1.165) is 29.9 Å². The lowest BCUT2D eigenvalue weighted by Gasteiger charge is -2.32. The molecule has 0 aromatic heterocycles. The van der Waals surface area contributed by atoms with E-state index in [9.17, 15) is 9.18 Å². The largest absolute Gasteiger partial charge is 0.481 e. The molecule has 0 radical (unpaired) electrons. The molecule has 3 rings (SSSR count). The zero-order chi connectivity index (χ0) is 15.5. The maximum Gasteiger partial charge on any atom is 0.306 e. The van der Waals surface area contributed by atoms with Crippen LogP contribution in [0.15, 0.2) is 48.5 Å². The summed E-state index contributed by atoms with van der Waals surface area (Å²) in [5.74, 6) is -1.16. The fraction of sp³-hybridized carbons (Fsp3) is 0.278. The molecule has 0 amide bonds. The Morgan fingerprint density at radius 3 is 2.36 bits per heavy atom. The first-order chi connectivity index (χ1) is 10.6. The van der Waals surface area contributed by atoms with E-state index >= 15 is 0 Å². The average Bonchev–Trinajstić information content (AvgIpc) is 2.56. The molecule has 1 aliphatic heterocycles. The number of nitrogens with zero attached hydrogens (tertiary/aromatic N) is 1. The molecule has 1 N–H and O–H groups in total. The number of aliphatic carboxylic acids is 1. The minimum Gasteiger partial charge on any atom is -0.481 e. The lowest BCUT2D eigenvalue weighted by molar-refractivity contribution is -0.142. The third-order valence-electron chi connectivity index (χ3n) is 4.23. The first kappa shape index (κ1) is 14.6. The van der Waals surface area contributed by atoms with E-state index in [-0.39, 0.29) is 11.7 Å². The predicted octanol–water partition coefficient (Wildman–Crippen LogP) is 3.79. The van der Waals surface area contributed by atoms with Gasteiger partial charge in [-0.2, -0.15) is 0 Å². The normalized spacial score (nSPS) is 15.8. The van der Waals surface area contributed by atoms with Gasteiger partial charge >= 0.3 is 5.97 Å². The summed E-state index contributed by atoms with van der Waals surface area (Å²) in [5, 5.41) is 9.06. The Morgan fingerprint density at radius 2 is 1.73 bits per heavy atom. The second kappa shape index (κ2) is 6.18. The van der Waals surface area contributed by atoms with Crippen LogP contribution < -0.4 is 4.90 Å². The molecule has 1 aliphatic rings. The second-order valence-corrected chi connectivity index (χ2v) is 5.66. The van der Waals surface area contributed by atoms with E-state index in [1.807, 2.05) is 18.2 Å². The first-order valence-electron chi connectivity index (χ1n) is 7.47. The molecular formula is C18H18FNO2. The van der Waals surface area contributed by atoms with Crippen LogP contribution in [0.25, 0.3) is 11.1 Å². The van der Waals surface area contributed by atoms with E-state index in [1.165, 1.54) is 12.1 Å². The standard InChI is InChI=1S/C18H18FNO2/c19-16-6-4-13(5-7-16)15-2-1-3-17(12-15)20-10-8-14(9-11-20)18(21)22/h1-7,12,14H,8-11H2,(H,21,22). The van der Waals surface area contributed by atoms with E-state index in [2.05, 4.69) is 11.0 Å². The molecule has 22 heavy (non-hydrogen) atoms. The van der Waals surface area contributed by atoms with Crippen LogP contribution in [-0.4, -0.2) is 24.2 Å². The van der Waals surface area contributed by atoms with Gasteiger partial charge in [0.25, 0.3) is 0 Å². The summed E-state index contributed by atoms with van der Waals surface area (Å²) in [6.45, 7) is 1.51. The highest BCUT2D eigenvalue weighted by Gasteiger charge is 2.24. The Kier molecular flexibility index (Phi) is 4.09. The molecule has 114 valence electrons. The molecule has 3 nitrogen and oxygen atoms in total. The van der Waals surface area contributed by atoms with Gasteiger partial charge in [-0.15, -0.1) is 0 Å². The minimum absolute atomic E-state index is 0.225. The van der Waals surface area contributed by atoms with Crippen LogP contribution in [0.4, 0.5) is 10.1 Å². The Bertz CT molecular complexity index is 661. The van der Waals surface area contributed by atoms with Gasteiger partial charge in [-0.25, -0.2) is 4.39 Å². The lowest BCUT2D eigenvalue weighted by Crippen LogP contribution is -2.36.